The van der Waals surface area contributed by atoms with Crippen LogP contribution in [0.1, 0.15) is 49.7 Å². The number of hydrogen-bond donors (Lipinski definition) is 2. The minimum absolute atomic E-state index is 0.166. The van der Waals surface area contributed by atoms with Crippen LogP contribution in [0, 0.1) is 5.82 Å². The van der Waals surface area contributed by atoms with Crippen molar-refractivity contribution in [1.82, 2.24) is 0 Å². The summed E-state index contributed by atoms with van der Waals surface area (Å²) in [5.41, 5.74) is 1.14. The van der Waals surface area contributed by atoms with E-state index in [1.165, 1.54) is 12.1 Å². The molecule has 26 heavy (non-hydrogen) atoms. The first-order valence-electron chi connectivity index (χ1n) is 8.83. The summed E-state index contributed by atoms with van der Waals surface area (Å²) in [6.45, 7) is 1.61. The molecule has 1 aliphatic rings. The van der Waals surface area contributed by atoms with E-state index >= 15 is 0 Å². The molecule has 0 heterocycles. The van der Waals surface area contributed by atoms with E-state index in [-0.39, 0.29) is 11.7 Å². The van der Waals surface area contributed by atoms with Gasteiger partial charge in [-0.25, -0.2) is 4.39 Å². The Labute approximate surface area is 152 Å². The van der Waals surface area contributed by atoms with Gasteiger partial charge in [-0.1, -0.05) is 37.1 Å². The summed E-state index contributed by atoms with van der Waals surface area (Å²) in [6, 6.07) is 13.1. The summed E-state index contributed by atoms with van der Waals surface area (Å²) >= 11 is 0. The van der Waals surface area contributed by atoms with E-state index in [0.29, 0.717) is 29.7 Å². The molecule has 1 atom stereocenters. The van der Waals surface area contributed by atoms with Crippen LogP contribution in [-0.4, -0.2) is 17.0 Å². The number of anilines is 1. The van der Waals surface area contributed by atoms with Gasteiger partial charge in [0, 0.05) is 5.69 Å². The van der Waals surface area contributed by atoms with Crippen LogP contribution in [0.5, 0.6) is 0 Å². The van der Waals surface area contributed by atoms with Crippen LogP contribution in [0.2, 0.25) is 0 Å². The molecule has 0 spiro atoms. The van der Waals surface area contributed by atoms with Crippen molar-refractivity contribution < 1.29 is 19.1 Å². The second-order valence-corrected chi connectivity index (χ2v) is 6.94. The number of rotatable bonds is 5. The standard InChI is InChI=1S/C21H22FNO3/c1-14(19(24)25)15-6-4-9-18(12-15)23-20(26)21(10-2-3-11-21)16-7-5-8-17(22)13-16/h4-9,12-14H,2-3,10-11H2,1H3,(H,23,26)(H,24,25). The van der Waals surface area contributed by atoms with Crippen LogP contribution in [0.3, 0.4) is 0 Å². The first-order valence-corrected chi connectivity index (χ1v) is 8.83. The van der Waals surface area contributed by atoms with Crippen molar-refractivity contribution in [2.75, 3.05) is 5.32 Å². The van der Waals surface area contributed by atoms with Gasteiger partial charge in [0.25, 0.3) is 0 Å². The highest BCUT2D eigenvalue weighted by atomic mass is 19.1. The van der Waals surface area contributed by atoms with Crippen molar-refractivity contribution in [1.29, 1.82) is 0 Å². The SMILES string of the molecule is CC(C(=O)O)c1cccc(NC(=O)C2(c3cccc(F)c3)CCCC2)c1. The number of nitrogens with one attached hydrogen (secondary N) is 1. The highest BCUT2D eigenvalue weighted by Crippen LogP contribution is 2.42. The van der Waals surface area contributed by atoms with E-state index in [0.717, 1.165) is 12.8 Å². The van der Waals surface area contributed by atoms with Crippen molar-refractivity contribution in [2.45, 2.75) is 43.9 Å². The zero-order valence-electron chi connectivity index (χ0n) is 14.7. The van der Waals surface area contributed by atoms with Crippen LogP contribution in [0.25, 0.3) is 0 Å². The largest absolute Gasteiger partial charge is 0.481 e. The van der Waals surface area contributed by atoms with E-state index in [9.17, 15) is 19.1 Å². The molecule has 0 bridgehead atoms. The summed E-state index contributed by atoms with van der Waals surface area (Å²) < 4.78 is 13.7. The number of carboxylic acid groups (broad SMARTS) is 1. The zero-order chi connectivity index (χ0) is 18.7. The zero-order valence-corrected chi connectivity index (χ0v) is 14.7. The van der Waals surface area contributed by atoms with Crippen LogP contribution in [0.4, 0.5) is 10.1 Å². The second-order valence-electron chi connectivity index (χ2n) is 6.94. The first-order chi connectivity index (χ1) is 12.4. The fraction of sp³-hybridized carbons (Fsp3) is 0.333. The van der Waals surface area contributed by atoms with Gasteiger partial charge in [-0.15, -0.1) is 0 Å². The summed E-state index contributed by atoms with van der Waals surface area (Å²) in [5.74, 6) is -2.09. The lowest BCUT2D eigenvalue weighted by Crippen LogP contribution is -2.38. The molecule has 136 valence electrons. The van der Waals surface area contributed by atoms with Crippen LogP contribution in [-0.2, 0) is 15.0 Å². The number of aliphatic carboxylic acids is 1. The van der Waals surface area contributed by atoms with Gasteiger partial charge in [0.2, 0.25) is 5.91 Å². The Bertz CT molecular complexity index is 828. The topological polar surface area (TPSA) is 66.4 Å². The van der Waals surface area contributed by atoms with Crippen molar-refractivity contribution in [3.05, 3.63) is 65.5 Å². The molecule has 3 rings (SSSR count). The fourth-order valence-corrected chi connectivity index (χ4v) is 3.69. The molecular weight excluding hydrogens is 333 g/mol. The Morgan fingerprint density at radius 3 is 2.46 bits per heavy atom. The normalized spacial score (nSPS) is 16.8. The molecule has 1 unspecified atom stereocenters. The molecule has 4 nitrogen and oxygen atoms in total. The molecule has 1 amide bonds. The van der Waals surface area contributed by atoms with E-state index in [2.05, 4.69) is 5.32 Å². The maximum absolute atomic E-state index is 13.7. The lowest BCUT2D eigenvalue weighted by atomic mass is 9.78. The monoisotopic (exact) mass is 355 g/mol. The number of benzene rings is 2. The molecule has 0 aromatic heterocycles. The average Bonchev–Trinajstić information content (AvgIpc) is 3.12. The minimum Gasteiger partial charge on any atom is -0.481 e. The molecule has 2 N–H and O–H groups in total. The van der Waals surface area contributed by atoms with Gasteiger partial charge in [0.15, 0.2) is 0 Å². The fourth-order valence-electron chi connectivity index (χ4n) is 3.69. The third-order valence-electron chi connectivity index (χ3n) is 5.28. The molecule has 1 fully saturated rings. The molecule has 0 saturated heterocycles. The van der Waals surface area contributed by atoms with E-state index in [4.69, 9.17) is 0 Å². The molecule has 5 heteroatoms. The van der Waals surface area contributed by atoms with Crippen molar-refractivity contribution >= 4 is 17.6 Å². The number of amides is 1. The highest BCUT2D eigenvalue weighted by Gasteiger charge is 2.42. The molecule has 0 radical (unpaired) electrons. The molecular formula is C21H22FNO3. The minimum atomic E-state index is -0.916. The van der Waals surface area contributed by atoms with Gasteiger partial charge in [0.05, 0.1) is 11.3 Å². The quantitative estimate of drug-likeness (QED) is 0.832. The van der Waals surface area contributed by atoms with E-state index in [1.54, 1.807) is 43.3 Å². The number of carbonyl (C=O) groups excluding carboxylic acids is 1. The predicted octanol–water partition coefficient (Wildman–Crippen LogP) is 4.46. The lowest BCUT2D eigenvalue weighted by Gasteiger charge is -2.28. The van der Waals surface area contributed by atoms with Crippen LogP contribution < -0.4 is 5.32 Å². The van der Waals surface area contributed by atoms with Gasteiger partial charge in [-0.05, 0) is 55.2 Å². The van der Waals surface area contributed by atoms with E-state index < -0.39 is 17.3 Å². The highest BCUT2D eigenvalue weighted by molar-refractivity contribution is 5.99. The lowest BCUT2D eigenvalue weighted by molar-refractivity contribution is -0.138. The van der Waals surface area contributed by atoms with Gasteiger partial charge in [0.1, 0.15) is 5.82 Å². The predicted molar refractivity (Wildman–Crippen MR) is 97.7 cm³/mol. The summed E-state index contributed by atoms with van der Waals surface area (Å²) in [5, 5.41) is 12.1. The van der Waals surface area contributed by atoms with Crippen molar-refractivity contribution in [3.8, 4) is 0 Å². The second kappa shape index (κ2) is 7.28. The third-order valence-corrected chi connectivity index (χ3v) is 5.28. The maximum Gasteiger partial charge on any atom is 0.310 e. The van der Waals surface area contributed by atoms with Gasteiger partial charge in [-0.3, -0.25) is 9.59 Å². The molecule has 1 saturated carbocycles. The smallest absolute Gasteiger partial charge is 0.310 e. The summed E-state index contributed by atoms with van der Waals surface area (Å²) in [6.07, 6.45) is 3.18. The molecule has 2 aromatic rings. The molecule has 0 aliphatic heterocycles. The number of hydrogen-bond acceptors (Lipinski definition) is 2. The van der Waals surface area contributed by atoms with Crippen LogP contribution >= 0.6 is 0 Å². The number of carbonyl (C=O) groups is 2. The van der Waals surface area contributed by atoms with Crippen molar-refractivity contribution in [2.24, 2.45) is 0 Å². The van der Waals surface area contributed by atoms with E-state index in [1.807, 2.05) is 0 Å². The number of carboxylic acids is 1. The Morgan fingerprint density at radius 2 is 1.81 bits per heavy atom. The maximum atomic E-state index is 13.7. The van der Waals surface area contributed by atoms with Crippen LogP contribution in [0.15, 0.2) is 48.5 Å². The molecule has 2 aromatic carbocycles. The van der Waals surface area contributed by atoms with Gasteiger partial charge >= 0.3 is 5.97 Å². The van der Waals surface area contributed by atoms with Crippen molar-refractivity contribution in [3.63, 3.8) is 0 Å². The summed E-state index contributed by atoms with van der Waals surface area (Å²) in [7, 11) is 0. The van der Waals surface area contributed by atoms with Gasteiger partial charge in [-0.2, -0.15) is 0 Å². The first kappa shape index (κ1) is 18.1. The number of halogens is 1. The van der Waals surface area contributed by atoms with Gasteiger partial charge < -0.3 is 10.4 Å². The Hall–Kier alpha value is -2.69. The Balaban J connectivity index is 1.88. The molecule has 1 aliphatic carbocycles. The Kier molecular flexibility index (Phi) is 5.07. The summed E-state index contributed by atoms with van der Waals surface area (Å²) in [4.78, 5) is 24.3. The average molecular weight is 355 g/mol. The Morgan fingerprint density at radius 1 is 1.12 bits per heavy atom. The third kappa shape index (κ3) is 3.47.